The van der Waals surface area contributed by atoms with Crippen LogP contribution in [-0.2, 0) is 0 Å². The van der Waals surface area contributed by atoms with Crippen LogP contribution in [0.4, 0.5) is 0 Å². The van der Waals surface area contributed by atoms with Gasteiger partial charge < -0.3 is 15.3 Å². The molecule has 18 heavy (non-hydrogen) atoms. The van der Waals surface area contributed by atoms with Crippen LogP contribution in [0, 0.1) is 5.92 Å². The maximum absolute atomic E-state index is 10.4. The van der Waals surface area contributed by atoms with Gasteiger partial charge in [-0.15, -0.1) is 0 Å². The van der Waals surface area contributed by atoms with Gasteiger partial charge in [0.1, 0.15) is 0 Å². The highest BCUT2D eigenvalue weighted by molar-refractivity contribution is 4.90. The van der Waals surface area contributed by atoms with E-state index in [4.69, 9.17) is 0 Å². The minimum Gasteiger partial charge on any atom is -0.389 e. The Morgan fingerprint density at radius 2 is 1.78 bits per heavy atom. The van der Waals surface area contributed by atoms with Crippen molar-refractivity contribution in [2.24, 2.45) is 5.92 Å². The first-order valence-electron chi connectivity index (χ1n) is 7.70. The second-order valence-corrected chi connectivity index (χ2v) is 6.58. The number of aliphatic hydroxyl groups is 1. The summed E-state index contributed by atoms with van der Waals surface area (Å²) in [5.41, 5.74) is -0.445. The lowest BCUT2D eigenvalue weighted by atomic mass is 9.81. The zero-order valence-corrected chi connectivity index (χ0v) is 12.1. The molecular weight excluding hydrogens is 224 g/mol. The summed E-state index contributed by atoms with van der Waals surface area (Å²) in [6.07, 6.45) is 9.95. The van der Waals surface area contributed by atoms with Gasteiger partial charge in [0.25, 0.3) is 0 Å². The number of hydrogen-bond donors (Lipinski definition) is 2. The SMILES string of the molecule is CNCC1(O)CCC(N(C)CC2CCCC2)CC1. The molecule has 2 N–H and O–H groups in total. The third-order valence-corrected chi connectivity index (χ3v) is 5.04. The molecule has 0 aromatic rings. The van der Waals surface area contributed by atoms with Gasteiger partial charge in [-0.2, -0.15) is 0 Å². The Bertz CT molecular complexity index is 243. The van der Waals surface area contributed by atoms with E-state index < -0.39 is 5.60 Å². The van der Waals surface area contributed by atoms with E-state index in [0.717, 1.165) is 38.1 Å². The first kappa shape index (κ1) is 14.3. The zero-order valence-electron chi connectivity index (χ0n) is 12.1. The predicted molar refractivity (Wildman–Crippen MR) is 75.7 cm³/mol. The molecule has 106 valence electrons. The lowest BCUT2D eigenvalue weighted by Crippen LogP contribution is -2.47. The van der Waals surface area contributed by atoms with Crippen molar-refractivity contribution in [3.8, 4) is 0 Å². The summed E-state index contributed by atoms with van der Waals surface area (Å²) in [4.78, 5) is 2.56. The topological polar surface area (TPSA) is 35.5 Å². The van der Waals surface area contributed by atoms with Crippen molar-refractivity contribution in [1.82, 2.24) is 10.2 Å². The van der Waals surface area contributed by atoms with Crippen molar-refractivity contribution in [3.63, 3.8) is 0 Å². The van der Waals surface area contributed by atoms with Gasteiger partial charge in [-0.1, -0.05) is 12.8 Å². The van der Waals surface area contributed by atoms with Gasteiger partial charge in [-0.25, -0.2) is 0 Å². The Hall–Kier alpha value is -0.120. The maximum atomic E-state index is 10.4. The van der Waals surface area contributed by atoms with Crippen LogP contribution in [0.1, 0.15) is 51.4 Å². The van der Waals surface area contributed by atoms with Crippen LogP contribution in [0.5, 0.6) is 0 Å². The Morgan fingerprint density at radius 3 is 2.33 bits per heavy atom. The van der Waals surface area contributed by atoms with Gasteiger partial charge in [0.05, 0.1) is 5.60 Å². The molecule has 0 amide bonds. The number of nitrogens with one attached hydrogen (secondary N) is 1. The summed E-state index contributed by atoms with van der Waals surface area (Å²) >= 11 is 0. The van der Waals surface area contributed by atoms with Crippen LogP contribution in [0.2, 0.25) is 0 Å². The van der Waals surface area contributed by atoms with E-state index in [0.29, 0.717) is 6.04 Å². The van der Waals surface area contributed by atoms with Crippen molar-refractivity contribution in [2.45, 2.75) is 63.0 Å². The lowest BCUT2D eigenvalue weighted by Gasteiger charge is -2.40. The second kappa shape index (κ2) is 6.36. The van der Waals surface area contributed by atoms with E-state index in [1.165, 1.54) is 32.2 Å². The summed E-state index contributed by atoms with van der Waals surface area (Å²) in [7, 11) is 4.21. The minimum atomic E-state index is -0.445. The molecule has 3 heteroatoms. The minimum absolute atomic E-state index is 0.445. The average molecular weight is 254 g/mol. The van der Waals surface area contributed by atoms with Crippen LogP contribution in [0.15, 0.2) is 0 Å². The summed E-state index contributed by atoms with van der Waals surface area (Å²) < 4.78 is 0. The van der Waals surface area contributed by atoms with Crippen molar-refractivity contribution in [1.29, 1.82) is 0 Å². The highest BCUT2D eigenvalue weighted by Gasteiger charge is 2.34. The highest BCUT2D eigenvalue weighted by atomic mass is 16.3. The van der Waals surface area contributed by atoms with Gasteiger partial charge in [0.15, 0.2) is 0 Å². The van der Waals surface area contributed by atoms with Gasteiger partial charge >= 0.3 is 0 Å². The molecule has 0 aromatic heterocycles. The molecular formula is C15H30N2O. The molecule has 0 heterocycles. The number of rotatable bonds is 5. The quantitative estimate of drug-likeness (QED) is 0.788. The molecule has 0 unspecified atom stereocenters. The molecule has 0 aromatic carbocycles. The van der Waals surface area contributed by atoms with Crippen LogP contribution in [-0.4, -0.2) is 48.8 Å². The molecule has 2 rings (SSSR count). The molecule has 0 radical (unpaired) electrons. The van der Waals surface area contributed by atoms with E-state index in [-0.39, 0.29) is 0 Å². The Morgan fingerprint density at radius 1 is 1.17 bits per heavy atom. The molecule has 0 saturated heterocycles. The molecule has 0 aliphatic heterocycles. The first-order chi connectivity index (χ1) is 8.63. The summed E-state index contributed by atoms with van der Waals surface area (Å²) in [5, 5.41) is 13.5. The first-order valence-corrected chi connectivity index (χ1v) is 7.70. The smallest absolute Gasteiger partial charge is 0.0772 e. The fourth-order valence-corrected chi connectivity index (χ4v) is 3.84. The van der Waals surface area contributed by atoms with Crippen molar-refractivity contribution < 1.29 is 5.11 Å². The second-order valence-electron chi connectivity index (χ2n) is 6.58. The Balaban J connectivity index is 1.74. The Kier molecular flexibility index (Phi) is 5.05. The standard InChI is InChI=1S/C15H30N2O/c1-16-12-15(18)9-7-14(8-10-15)17(2)11-13-5-3-4-6-13/h13-14,16,18H,3-12H2,1-2H3. The average Bonchev–Trinajstić information content (AvgIpc) is 2.82. The van der Waals surface area contributed by atoms with Crippen LogP contribution in [0.3, 0.4) is 0 Å². The molecule has 2 aliphatic carbocycles. The molecule has 0 bridgehead atoms. The van der Waals surface area contributed by atoms with E-state index in [2.05, 4.69) is 17.3 Å². The molecule has 2 saturated carbocycles. The van der Waals surface area contributed by atoms with E-state index in [1.54, 1.807) is 0 Å². The van der Waals surface area contributed by atoms with Crippen molar-refractivity contribution >= 4 is 0 Å². The van der Waals surface area contributed by atoms with E-state index in [1.807, 2.05) is 7.05 Å². The molecule has 2 fully saturated rings. The van der Waals surface area contributed by atoms with Gasteiger partial charge in [-0.05, 0) is 58.5 Å². The van der Waals surface area contributed by atoms with Crippen LogP contribution < -0.4 is 5.32 Å². The summed E-state index contributed by atoms with van der Waals surface area (Å²) in [6, 6.07) is 0.697. The monoisotopic (exact) mass is 254 g/mol. The fraction of sp³-hybridized carbons (Fsp3) is 1.00. The number of hydrogen-bond acceptors (Lipinski definition) is 3. The summed E-state index contributed by atoms with van der Waals surface area (Å²) in [6.45, 7) is 2.02. The van der Waals surface area contributed by atoms with Crippen LogP contribution in [0.25, 0.3) is 0 Å². The van der Waals surface area contributed by atoms with Crippen molar-refractivity contribution in [3.05, 3.63) is 0 Å². The number of likely N-dealkylation sites (N-methyl/N-ethyl adjacent to an activating group) is 1. The van der Waals surface area contributed by atoms with Gasteiger partial charge in [0, 0.05) is 19.1 Å². The highest BCUT2D eigenvalue weighted by Crippen LogP contribution is 2.32. The molecule has 3 nitrogen and oxygen atoms in total. The predicted octanol–water partition coefficient (Wildman–Crippen LogP) is 2.00. The third kappa shape index (κ3) is 3.69. The van der Waals surface area contributed by atoms with E-state index in [9.17, 15) is 5.11 Å². The van der Waals surface area contributed by atoms with Crippen LogP contribution >= 0.6 is 0 Å². The largest absolute Gasteiger partial charge is 0.389 e. The third-order valence-electron chi connectivity index (χ3n) is 5.04. The van der Waals surface area contributed by atoms with Crippen molar-refractivity contribution in [2.75, 3.05) is 27.2 Å². The molecule has 0 atom stereocenters. The van der Waals surface area contributed by atoms with E-state index >= 15 is 0 Å². The molecule has 2 aliphatic rings. The number of nitrogens with zero attached hydrogens (tertiary/aromatic N) is 1. The van der Waals surface area contributed by atoms with Gasteiger partial charge in [-0.3, -0.25) is 0 Å². The Labute approximate surface area is 112 Å². The normalized spacial score (nSPS) is 34.3. The summed E-state index contributed by atoms with van der Waals surface area (Å²) in [5.74, 6) is 0.938. The zero-order chi connectivity index (χ0) is 13.0. The van der Waals surface area contributed by atoms with Gasteiger partial charge in [0.2, 0.25) is 0 Å². The fourth-order valence-electron chi connectivity index (χ4n) is 3.84. The molecule has 0 spiro atoms. The maximum Gasteiger partial charge on any atom is 0.0772 e. The lowest BCUT2D eigenvalue weighted by molar-refractivity contribution is -0.0160.